The zero-order chi connectivity index (χ0) is 9.97. The number of fused-ring (bicyclic) bond motifs is 1. The molecule has 0 aliphatic rings. The van der Waals surface area contributed by atoms with Crippen molar-refractivity contribution in [2.24, 2.45) is 7.05 Å². The lowest BCUT2D eigenvalue weighted by Crippen LogP contribution is -2.10. The second-order valence-corrected chi connectivity index (χ2v) is 3.53. The number of likely N-dealkylation sites (N-methyl/N-ethyl adjacent to an activating group) is 1. The molecular weight excluding hydrogens is 174 g/mol. The minimum atomic E-state index is 1.01. The molecule has 0 amide bonds. The number of aryl methyl sites for hydroxylation is 1. The van der Waals surface area contributed by atoms with Crippen LogP contribution in [0.3, 0.4) is 0 Å². The van der Waals surface area contributed by atoms with Crippen molar-refractivity contribution >= 4 is 11.0 Å². The maximum atomic E-state index is 4.33. The third-order valence-electron chi connectivity index (χ3n) is 2.45. The fourth-order valence-electron chi connectivity index (χ4n) is 1.61. The summed E-state index contributed by atoms with van der Waals surface area (Å²) in [6, 6.07) is 6.46. The van der Waals surface area contributed by atoms with E-state index in [1.165, 1.54) is 11.1 Å². The first-order valence-electron chi connectivity index (χ1n) is 4.86. The number of imidazole rings is 1. The van der Waals surface area contributed by atoms with Crippen molar-refractivity contribution in [2.75, 3.05) is 13.6 Å². The molecule has 0 radical (unpaired) electrons. The number of hydrogen-bond donors (Lipinski definition) is 1. The second kappa shape index (κ2) is 3.80. The van der Waals surface area contributed by atoms with Gasteiger partial charge in [0, 0.05) is 7.05 Å². The molecule has 1 N–H and O–H groups in total. The van der Waals surface area contributed by atoms with Crippen LogP contribution >= 0.6 is 0 Å². The zero-order valence-electron chi connectivity index (χ0n) is 8.62. The number of benzene rings is 1. The van der Waals surface area contributed by atoms with Crippen LogP contribution in [0.25, 0.3) is 11.0 Å². The molecule has 3 heteroatoms. The normalized spacial score (nSPS) is 11.0. The van der Waals surface area contributed by atoms with Gasteiger partial charge in [-0.3, -0.25) is 0 Å². The van der Waals surface area contributed by atoms with Gasteiger partial charge in [-0.05, 0) is 37.7 Å². The molecule has 0 atom stereocenters. The van der Waals surface area contributed by atoms with Gasteiger partial charge in [-0.15, -0.1) is 0 Å². The van der Waals surface area contributed by atoms with Gasteiger partial charge in [0.2, 0.25) is 0 Å². The van der Waals surface area contributed by atoms with Gasteiger partial charge >= 0.3 is 0 Å². The Morgan fingerprint density at radius 1 is 1.43 bits per heavy atom. The van der Waals surface area contributed by atoms with Crippen molar-refractivity contribution in [1.82, 2.24) is 14.9 Å². The lowest BCUT2D eigenvalue weighted by molar-refractivity contribution is 0.792. The van der Waals surface area contributed by atoms with E-state index in [2.05, 4.69) is 28.5 Å². The Balaban J connectivity index is 2.32. The predicted molar refractivity (Wildman–Crippen MR) is 58.3 cm³/mol. The van der Waals surface area contributed by atoms with Gasteiger partial charge < -0.3 is 9.88 Å². The van der Waals surface area contributed by atoms with Gasteiger partial charge in [-0.2, -0.15) is 0 Å². The molecule has 1 heterocycles. The number of aromatic nitrogens is 2. The number of hydrogen-bond acceptors (Lipinski definition) is 2. The fourth-order valence-corrected chi connectivity index (χ4v) is 1.61. The molecule has 3 nitrogen and oxygen atoms in total. The van der Waals surface area contributed by atoms with E-state index < -0.39 is 0 Å². The SMILES string of the molecule is CNCCc1ccc2c(c1)ncn2C. The summed E-state index contributed by atoms with van der Waals surface area (Å²) in [7, 11) is 3.99. The topological polar surface area (TPSA) is 29.9 Å². The molecule has 0 saturated carbocycles. The molecule has 0 fully saturated rings. The summed E-state index contributed by atoms with van der Waals surface area (Å²) in [5.74, 6) is 0. The predicted octanol–water partition coefficient (Wildman–Crippen LogP) is 1.34. The van der Waals surface area contributed by atoms with Gasteiger partial charge in [0.05, 0.1) is 17.4 Å². The van der Waals surface area contributed by atoms with Crippen LogP contribution in [0, 0.1) is 0 Å². The van der Waals surface area contributed by atoms with Gasteiger partial charge in [-0.1, -0.05) is 6.07 Å². The number of nitrogens with zero attached hydrogens (tertiary/aromatic N) is 2. The van der Waals surface area contributed by atoms with E-state index in [0.29, 0.717) is 0 Å². The summed E-state index contributed by atoms with van der Waals surface area (Å²) in [5, 5.41) is 3.14. The monoisotopic (exact) mass is 189 g/mol. The third kappa shape index (κ3) is 1.63. The smallest absolute Gasteiger partial charge is 0.0955 e. The van der Waals surface area contributed by atoms with E-state index in [4.69, 9.17) is 0 Å². The largest absolute Gasteiger partial charge is 0.334 e. The van der Waals surface area contributed by atoms with E-state index in [1.807, 2.05) is 25.0 Å². The van der Waals surface area contributed by atoms with E-state index in [0.717, 1.165) is 18.5 Å². The summed E-state index contributed by atoms with van der Waals surface area (Å²) in [6.07, 6.45) is 2.91. The fraction of sp³-hybridized carbons (Fsp3) is 0.364. The van der Waals surface area contributed by atoms with E-state index in [-0.39, 0.29) is 0 Å². The molecule has 1 aromatic heterocycles. The lowest BCUT2D eigenvalue weighted by atomic mass is 10.1. The Bertz CT molecular complexity index is 431. The van der Waals surface area contributed by atoms with E-state index in [1.54, 1.807) is 0 Å². The molecule has 14 heavy (non-hydrogen) atoms. The van der Waals surface area contributed by atoms with E-state index in [9.17, 15) is 0 Å². The minimum Gasteiger partial charge on any atom is -0.334 e. The van der Waals surface area contributed by atoms with Crippen molar-refractivity contribution < 1.29 is 0 Å². The lowest BCUT2D eigenvalue weighted by Gasteiger charge is -2.00. The minimum absolute atomic E-state index is 1.01. The van der Waals surface area contributed by atoms with Crippen LogP contribution in [-0.2, 0) is 13.5 Å². The average molecular weight is 189 g/mol. The summed E-state index contributed by atoms with van der Waals surface area (Å²) in [6.45, 7) is 1.01. The highest BCUT2D eigenvalue weighted by Crippen LogP contribution is 2.13. The summed E-state index contributed by atoms with van der Waals surface area (Å²) < 4.78 is 2.04. The van der Waals surface area contributed by atoms with Crippen molar-refractivity contribution in [3.63, 3.8) is 0 Å². The van der Waals surface area contributed by atoms with Crippen LogP contribution in [0.5, 0.6) is 0 Å². The Hall–Kier alpha value is -1.35. The molecular formula is C11H15N3. The molecule has 0 saturated heterocycles. The molecule has 0 unspecified atom stereocenters. The standard InChI is InChI=1S/C11H15N3/c1-12-6-5-9-3-4-11-10(7-9)13-8-14(11)2/h3-4,7-8,12H,5-6H2,1-2H3. The Labute approximate surface area is 83.8 Å². The average Bonchev–Trinajstić information content (AvgIpc) is 2.57. The van der Waals surface area contributed by atoms with Crippen molar-refractivity contribution in [3.8, 4) is 0 Å². The number of rotatable bonds is 3. The molecule has 2 rings (SSSR count). The Morgan fingerprint density at radius 3 is 3.07 bits per heavy atom. The highest BCUT2D eigenvalue weighted by atomic mass is 15.0. The third-order valence-corrected chi connectivity index (χ3v) is 2.45. The highest BCUT2D eigenvalue weighted by Gasteiger charge is 2.00. The van der Waals surface area contributed by atoms with Crippen LogP contribution in [0.4, 0.5) is 0 Å². The van der Waals surface area contributed by atoms with Gasteiger partial charge in [0.25, 0.3) is 0 Å². The summed E-state index contributed by atoms with van der Waals surface area (Å²) in [4.78, 5) is 4.33. The molecule has 0 bridgehead atoms. The quantitative estimate of drug-likeness (QED) is 0.789. The van der Waals surface area contributed by atoms with Crippen LogP contribution < -0.4 is 5.32 Å². The first-order chi connectivity index (χ1) is 6.81. The second-order valence-electron chi connectivity index (χ2n) is 3.53. The molecule has 0 aliphatic heterocycles. The first-order valence-corrected chi connectivity index (χ1v) is 4.86. The molecule has 0 spiro atoms. The van der Waals surface area contributed by atoms with Crippen LogP contribution in [0.1, 0.15) is 5.56 Å². The van der Waals surface area contributed by atoms with Crippen LogP contribution in [-0.4, -0.2) is 23.1 Å². The first kappa shape index (κ1) is 9.21. The summed E-state index contributed by atoms with van der Waals surface area (Å²) >= 11 is 0. The van der Waals surface area contributed by atoms with Gasteiger partial charge in [0.1, 0.15) is 0 Å². The van der Waals surface area contributed by atoms with Crippen molar-refractivity contribution in [3.05, 3.63) is 30.1 Å². The molecule has 0 aliphatic carbocycles. The Morgan fingerprint density at radius 2 is 2.29 bits per heavy atom. The molecule has 74 valence electrons. The zero-order valence-corrected chi connectivity index (χ0v) is 8.62. The highest BCUT2D eigenvalue weighted by molar-refractivity contribution is 5.75. The molecule has 2 aromatic rings. The van der Waals surface area contributed by atoms with Crippen LogP contribution in [0.15, 0.2) is 24.5 Å². The summed E-state index contributed by atoms with van der Waals surface area (Å²) in [5.41, 5.74) is 3.62. The van der Waals surface area contributed by atoms with E-state index >= 15 is 0 Å². The van der Waals surface area contributed by atoms with Crippen molar-refractivity contribution in [1.29, 1.82) is 0 Å². The van der Waals surface area contributed by atoms with Crippen LogP contribution in [0.2, 0.25) is 0 Å². The molecule has 1 aromatic carbocycles. The van der Waals surface area contributed by atoms with Gasteiger partial charge in [0.15, 0.2) is 0 Å². The maximum absolute atomic E-state index is 4.33. The van der Waals surface area contributed by atoms with Gasteiger partial charge in [-0.25, -0.2) is 4.98 Å². The maximum Gasteiger partial charge on any atom is 0.0955 e. The van der Waals surface area contributed by atoms with Crippen molar-refractivity contribution in [2.45, 2.75) is 6.42 Å². The Kier molecular flexibility index (Phi) is 2.50. The number of nitrogens with one attached hydrogen (secondary N) is 1.